The first-order valence-corrected chi connectivity index (χ1v) is 4.98. The zero-order valence-corrected chi connectivity index (χ0v) is 9.54. The second-order valence-corrected chi connectivity index (χ2v) is 4.69. The van der Waals surface area contributed by atoms with Crippen LogP contribution in [0.5, 0.6) is 0 Å². The fourth-order valence-electron chi connectivity index (χ4n) is 1.31. The summed E-state index contributed by atoms with van der Waals surface area (Å²) in [5.74, 6) is -1.77. The van der Waals surface area contributed by atoms with E-state index in [-0.39, 0.29) is 12.3 Å². The maximum absolute atomic E-state index is 11.6. The Labute approximate surface area is 89.3 Å². The number of thiol groups is 1. The van der Waals surface area contributed by atoms with Crippen molar-refractivity contribution in [1.29, 1.82) is 0 Å². The van der Waals surface area contributed by atoms with Crippen molar-refractivity contribution < 1.29 is 14.7 Å². The molecule has 3 N–H and O–H groups in total. The number of carbonyl (C=O) groups is 2. The molecule has 4 nitrogen and oxygen atoms in total. The monoisotopic (exact) mass is 219 g/mol. The normalized spacial score (nSPS) is 17.6. The van der Waals surface area contributed by atoms with E-state index in [0.29, 0.717) is 0 Å². The van der Waals surface area contributed by atoms with E-state index in [1.165, 1.54) is 6.92 Å². The van der Waals surface area contributed by atoms with Crippen LogP contribution in [0.4, 0.5) is 0 Å². The molecular weight excluding hydrogens is 202 g/mol. The first-order valence-electron chi connectivity index (χ1n) is 4.46. The molecule has 82 valence electrons. The van der Waals surface area contributed by atoms with Gasteiger partial charge in [0, 0.05) is 0 Å². The number of hydrogen-bond donors (Lipinski definition) is 3. The van der Waals surface area contributed by atoms with Crippen molar-refractivity contribution in [2.24, 2.45) is 11.7 Å². The van der Waals surface area contributed by atoms with E-state index >= 15 is 0 Å². The van der Waals surface area contributed by atoms with Crippen LogP contribution in [-0.2, 0) is 9.59 Å². The van der Waals surface area contributed by atoms with E-state index in [2.05, 4.69) is 12.6 Å². The van der Waals surface area contributed by atoms with E-state index in [1.807, 2.05) is 13.8 Å². The number of carboxylic acid groups (broad SMARTS) is 1. The summed E-state index contributed by atoms with van der Waals surface area (Å²) in [6.45, 7) is 5.17. The third kappa shape index (κ3) is 2.99. The first-order chi connectivity index (χ1) is 6.21. The van der Waals surface area contributed by atoms with E-state index in [0.717, 1.165) is 0 Å². The van der Waals surface area contributed by atoms with Gasteiger partial charge in [-0.25, -0.2) is 4.79 Å². The molecule has 0 spiro atoms. The molecule has 0 saturated heterocycles. The Morgan fingerprint density at radius 1 is 1.43 bits per heavy atom. The van der Waals surface area contributed by atoms with Gasteiger partial charge >= 0.3 is 5.97 Å². The van der Waals surface area contributed by atoms with Crippen LogP contribution < -0.4 is 5.73 Å². The zero-order valence-electron chi connectivity index (χ0n) is 8.65. The predicted octanol–water partition coefficient (Wildman–Crippen LogP) is 0.702. The Bertz CT molecular complexity index is 240. The quantitative estimate of drug-likeness (QED) is 0.470. The lowest BCUT2D eigenvalue weighted by molar-refractivity contribution is -0.148. The molecule has 0 aromatic heterocycles. The molecule has 0 amide bonds. The van der Waals surface area contributed by atoms with Crippen molar-refractivity contribution >= 4 is 24.4 Å². The van der Waals surface area contributed by atoms with Crippen molar-refractivity contribution in [2.45, 2.75) is 38.0 Å². The average Bonchev–Trinajstić information content (AvgIpc) is 2.00. The molecule has 14 heavy (non-hydrogen) atoms. The summed E-state index contributed by atoms with van der Waals surface area (Å²) in [4.78, 5) is 22.5. The van der Waals surface area contributed by atoms with Crippen LogP contribution in [0.3, 0.4) is 0 Å². The molecule has 0 saturated carbocycles. The molecule has 0 fully saturated rings. The van der Waals surface area contributed by atoms with Gasteiger partial charge in [0.1, 0.15) is 0 Å². The predicted molar refractivity (Wildman–Crippen MR) is 57.5 cm³/mol. The molecule has 0 aliphatic heterocycles. The Kier molecular flexibility index (Phi) is 4.61. The van der Waals surface area contributed by atoms with Gasteiger partial charge in [-0.15, -0.1) is 0 Å². The van der Waals surface area contributed by atoms with Crippen molar-refractivity contribution in [3.63, 3.8) is 0 Å². The highest BCUT2D eigenvalue weighted by Gasteiger charge is 2.43. The molecule has 0 aliphatic rings. The standard InChI is InChI=1S/C9H17NO3S/c1-5(2)4-9(10,8(12)13)7(11)6(3)14/h5-6,14H,4,10H2,1-3H3,(H,12,13). The maximum atomic E-state index is 11.6. The number of carboxylic acids is 1. The average molecular weight is 219 g/mol. The molecule has 0 aromatic rings. The van der Waals surface area contributed by atoms with Gasteiger partial charge < -0.3 is 10.8 Å². The van der Waals surface area contributed by atoms with Crippen molar-refractivity contribution in [3.05, 3.63) is 0 Å². The lowest BCUT2D eigenvalue weighted by Crippen LogP contribution is -2.58. The van der Waals surface area contributed by atoms with Crippen LogP contribution >= 0.6 is 12.6 Å². The Hall–Kier alpha value is -0.550. The molecule has 2 atom stereocenters. The minimum atomic E-state index is -1.80. The lowest BCUT2D eigenvalue weighted by Gasteiger charge is -2.26. The summed E-state index contributed by atoms with van der Waals surface area (Å²) in [6.07, 6.45) is 0.131. The maximum Gasteiger partial charge on any atom is 0.331 e. The van der Waals surface area contributed by atoms with Gasteiger partial charge in [-0.05, 0) is 19.3 Å². The van der Waals surface area contributed by atoms with E-state index in [9.17, 15) is 9.59 Å². The van der Waals surface area contributed by atoms with Crippen LogP contribution in [0.1, 0.15) is 27.2 Å². The van der Waals surface area contributed by atoms with Crippen molar-refractivity contribution in [3.8, 4) is 0 Å². The molecule has 0 rings (SSSR count). The Morgan fingerprint density at radius 2 is 1.86 bits per heavy atom. The molecule has 0 radical (unpaired) electrons. The minimum absolute atomic E-state index is 0.0483. The van der Waals surface area contributed by atoms with Crippen molar-refractivity contribution in [1.82, 2.24) is 0 Å². The Morgan fingerprint density at radius 3 is 2.07 bits per heavy atom. The number of ketones is 1. The highest BCUT2D eigenvalue weighted by Crippen LogP contribution is 2.19. The van der Waals surface area contributed by atoms with Gasteiger partial charge in [0.2, 0.25) is 0 Å². The fraction of sp³-hybridized carbons (Fsp3) is 0.778. The summed E-state index contributed by atoms with van der Waals surface area (Å²) in [6, 6.07) is 0. The zero-order chi connectivity index (χ0) is 11.5. The highest BCUT2D eigenvalue weighted by molar-refractivity contribution is 7.81. The van der Waals surface area contributed by atoms with E-state index < -0.39 is 22.5 Å². The van der Waals surface area contributed by atoms with Gasteiger partial charge in [-0.2, -0.15) is 12.6 Å². The van der Waals surface area contributed by atoms with Gasteiger partial charge in [0.15, 0.2) is 11.3 Å². The number of rotatable bonds is 5. The van der Waals surface area contributed by atoms with Gasteiger partial charge in [-0.3, -0.25) is 4.79 Å². The third-order valence-electron chi connectivity index (χ3n) is 1.93. The van der Waals surface area contributed by atoms with Crippen LogP contribution in [0.2, 0.25) is 0 Å². The van der Waals surface area contributed by atoms with Gasteiger partial charge in [0.05, 0.1) is 5.25 Å². The van der Waals surface area contributed by atoms with Crippen LogP contribution in [0, 0.1) is 5.92 Å². The Balaban J connectivity index is 4.90. The lowest BCUT2D eigenvalue weighted by atomic mass is 9.85. The van der Waals surface area contributed by atoms with Crippen LogP contribution in [0.25, 0.3) is 0 Å². The second kappa shape index (κ2) is 4.79. The van der Waals surface area contributed by atoms with Gasteiger partial charge in [0.25, 0.3) is 0 Å². The molecule has 0 heterocycles. The smallest absolute Gasteiger partial charge is 0.331 e. The summed E-state index contributed by atoms with van der Waals surface area (Å²) in [5, 5.41) is 8.26. The number of aliphatic carboxylic acids is 1. The third-order valence-corrected chi connectivity index (χ3v) is 2.17. The van der Waals surface area contributed by atoms with Crippen LogP contribution in [-0.4, -0.2) is 27.6 Å². The van der Waals surface area contributed by atoms with E-state index in [1.54, 1.807) is 0 Å². The van der Waals surface area contributed by atoms with Crippen LogP contribution in [0.15, 0.2) is 0 Å². The van der Waals surface area contributed by atoms with Gasteiger partial charge in [-0.1, -0.05) is 13.8 Å². The fourth-order valence-corrected chi connectivity index (χ4v) is 1.54. The number of Topliss-reactive ketones (excluding diaryl/α,β-unsaturated/α-hetero) is 1. The number of nitrogens with two attached hydrogens (primary N) is 1. The second-order valence-electron chi connectivity index (χ2n) is 3.91. The molecule has 5 heteroatoms. The summed E-state index contributed by atoms with van der Waals surface area (Å²) >= 11 is 3.91. The summed E-state index contributed by atoms with van der Waals surface area (Å²) in [5.41, 5.74) is 3.79. The number of hydrogen-bond acceptors (Lipinski definition) is 4. The minimum Gasteiger partial charge on any atom is -0.480 e. The molecular formula is C9H17NO3S. The molecule has 0 bridgehead atoms. The van der Waals surface area contributed by atoms with Crippen molar-refractivity contribution in [2.75, 3.05) is 0 Å². The summed E-state index contributed by atoms with van der Waals surface area (Å²) in [7, 11) is 0. The molecule has 2 unspecified atom stereocenters. The van der Waals surface area contributed by atoms with E-state index in [4.69, 9.17) is 10.8 Å². The molecule has 0 aliphatic carbocycles. The summed E-state index contributed by atoms with van der Waals surface area (Å²) < 4.78 is 0. The topological polar surface area (TPSA) is 80.4 Å². The molecule has 0 aromatic carbocycles. The largest absolute Gasteiger partial charge is 0.480 e. The SMILES string of the molecule is CC(C)CC(N)(C(=O)O)C(=O)C(C)S. The highest BCUT2D eigenvalue weighted by atomic mass is 32.1. The first kappa shape index (κ1) is 13.4. The number of carbonyl (C=O) groups excluding carboxylic acids is 1.